The van der Waals surface area contributed by atoms with E-state index in [1.54, 1.807) is 23.5 Å². The van der Waals surface area contributed by atoms with Crippen molar-refractivity contribution < 1.29 is 4.39 Å². The summed E-state index contributed by atoms with van der Waals surface area (Å²) >= 11 is 1.61. The topological polar surface area (TPSA) is 12.9 Å². The Balaban J connectivity index is 1.97. The van der Waals surface area contributed by atoms with Gasteiger partial charge >= 0.3 is 0 Å². The lowest BCUT2D eigenvalue weighted by Crippen LogP contribution is -1.73. The molecule has 0 aliphatic carbocycles. The molecule has 0 unspecified atom stereocenters. The molecule has 0 saturated carbocycles. The summed E-state index contributed by atoms with van der Waals surface area (Å²) in [4.78, 5) is 5.46. The summed E-state index contributed by atoms with van der Waals surface area (Å²) in [5, 5.41) is 0.981. The fraction of sp³-hybridized carbons (Fsp3) is 0. The molecule has 0 aliphatic rings. The van der Waals surface area contributed by atoms with Gasteiger partial charge in [-0.2, -0.15) is 0 Å². The molecule has 3 heteroatoms. The average Bonchev–Trinajstić information content (AvgIpc) is 2.90. The van der Waals surface area contributed by atoms with Gasteiger partial charge in [-0.25, -0.2) is 9.37 Å². The molecule has 0 atom stereocenters. The predicted molar refractivity (Wildman–Crippen MR) is 72.9 cm³/mol. The number of benzene rings is 2. The Morgan fingerprint density at radius 3 is 2.28 bits per heavy atom. The second kappa shape index (κ2) is 4.70. The molecular weight excluding hydrogens is 245 g/mol. The van der Waals surface area contributed by atoms with Crippen LogP contribution in [-0.2, 0) is 0 Å². The van der Waals surface area contributed by atoms with Gasteiger partial charge in [0.15, 0.2) is 0 Å². The number of aromatic nitrogens is 1. The molecule has 1 nitrogen and oxygen atoms in total. The second-order valence-electron chi connectivity index (χ2n) is 3.90. The summed E-state index contributed by atoms with van der Waals surface area (Å²) in [6, 6.07) is 16.5. The van der Waals surface area contributed by atoms with Gasteiger partial charge in [-0.1, -0.05) is 42.5 Å². The average molecular weight is 255 g/mol. The van der Waals surface area contributed by atoms with E-state index in [9.17, 15) is 4.39 Å². The van der Waals surface area contributed by atoms with Gasteiger partial charge in [-0.05, 0) is 17.7 Å². The standard InChI is InChI=1S/C15H10FNS/c16-13-8-6-11(7-9-13)14-10-17-15(18-14)12-4-2-1-3-5-12/h1-10H. The summed E-state index contributed by atoms with van der Waals surface area (Å²) in [7, 11) is 0. The van der Waals surface area contributed by atoms with Crippen LogP contribution in [0.1, 0.15) is 0 Å². The SMILES string of the molecule is Fc1ccc(-c2cnc(-c3ccccc3)s2)cc1. The van der Waals surface area contributed by atoms with Crippen LogP contribution in [0, 0.1) is 5.82 Å². The molecule has 0 amide bonds. The maximum Gasteiger partial charge on any atom is 0.123 e. The van der Waals surface area contributed by atoms with E-state index in [1.165, 1.54) is 12.1 Å². The molecule has 1 aromatic heterocycles. The third-order valence-electron chi connectivity index (χ3n) is 2.66. The number of hydrogen-bond acceptors (Lipinski definition) is 2. The van der Waals surface area contributed by atoms with E-state index >= 15 is 0 Å². The van der Waals surface area contributed by atoms with Gasteiger partial charge in [0.25, 0.3) is 0 Å². The number of thiazole rings is 1. The predicted octanol–water partition coefficient (Wildman–Crippen LogP) is 4.62. The number of halogens is 1. The van der Waals surface area contributed by atoms with E-state index in [4.69, 9.17) is 0 Å². The fourth-order valence-corrected chi connectivity index (χ4v) is 2.66. The summed E-state index contributed by atoms with van der Waals surface area (Å²) in [5.41, 5.74) is 2.10. The van der Waals surface area contributed by atoms with Crippen molar-refractivity contribution in [3.05, 3.63) is 66.6 Å². The first kappa shape index (κ1) is 11.1. The molecule has 0 saturated heterocycles. The molecule has 0 bridgehead atoms. The van der Waals surface area contributed by atoms with E-state index in [0.717, 1.165) is 21.0 Å². The fourth-order valence-electron chi connectivity index (χ4n) is 1.74. The zero-order chi connectivity index (χ0) is 12.4. The van der Waals surface area contributed by atoms with Crippen molar-refractivity contribution in [1.29, 1.82) is 0 Å². The van der Waals surface area contributed by atoms with E-state index in [-0.39, 0.29) is 5.82 Å². The third-order valence-corrected chi connectivity index (χ3v) is 3.75. The van der Waals surface area contributed by atoms with Crippen molar-refractivity contribution in [3.8, 4) is 21.0 Å². The van der Waals surface area contributed by atoms with Crippen molar-refractivity contribution in [1.82, 2.24) is 4.98 Å². The number of rotatable bonds is 2. The molecule has 88 valence electrons. The lowest BCUT2D eigenvalue weighted by Gasteiger charge is -1.96. The molecule has 0 radical (unpaired) electrons. The van der Waals surface area contributed by atoms with E-state index < -0.39 is 0 Å². The van der Waals surface area contributed by atoms with Crippen LogP contribution in [0.15, 0.2) is 60.8 Å². The minimum absolute atomic E-state index is 0.216. The van der Waals surface area contributed by atoms with Gasteiger partial charge in [-0.15, -0.1) is 11.3 Å². The Morgan fingerprint density at radius 2 is 1.56 bits per heavy atom. The van der Waals surface area contributed by atoms with Crippen molar-refractivity contribution in [2.45, 2.75) is 0 Å². The van der Waals surface area contributed by atoms with Crippen molar-refractivity contribution >= 4 is 11.3 Å². The zero-order valence-electron chi connectivity index (χ0n) is 9.51. The molecule has 3 rings (SSSR count). The minimum atomic E-state index is -0.216. The van der Waals surface area contributed by atoms with Crippen LogP contribution in [0.4, 0.5) is 4.39 Å². The molecule has 0 aliphatic heterocycles. The first-order chi connectivity index (χ1) is 8.83. The van der Waals surface area contributed by atoms with Crippen LogP contribution >= 0.6 is 11.3 Å². The minimum Gasteiger partial charge on any atom is -0.244 e. The second-order valence-corrected chi connectivity index (χ2v) is 4.93. The van der Waals surface area contributed by atoms with Crippen LogP contribution in [0.3, 0.4) is 0 Å². The first-order valence-electron chi connectivity index (χ1n) is 5.60. The Morgan fingerprint density at radius 1 is 0.833 bits per heavy atom. The smallest absolute Gasteiger partial charge is 0.123 e. The van der Waals surface area contributed by atoms with Crippen LogP contribution in [-0.4, -0.2) is 4.98 Å². The summed E-state index contributed by atoms with van der Waals surface area (Å²) in [5.74, 6) is -0.216. The number of hydrogen-bond donors (Lipinski definition) is 0. The van der Waals surface area contributed by atoms with Gasteiger partial charge < -0.3 is 0 Å². The lowest BCUT2D eigenvalue weighted by molar-refractivity contribution is 0.628. The normalized spacial score (nSPS) is 10.5. The first-order valence-corrected chi connectivity index (χ1v) is 6.42. The van der Waals surface area contributed by atoms with Gasteiger partial charge in [0.05, 0.1) is 4.88 Å². The maximum absolute atomic E-state index is 12.9. The quantitative estimate of drug-likeness (QED) is 0.651. The third kappa shape index (κ3) is 2.17. The van der Waals surface area contributed by atoms with Crippen molar-refractivity contribution in [2.24, 2.45) is 0 Å². The Kier molecular flexibility index (Phi) is 2.90. The van der Waals surface area contributed by atoms with Crippen LogP contribution in [0.25, 0.3) is 21.0 Å². The van der Waals surface area contributed by atoms with E-state index in [2.05, 4.69) is 4.98 Å². The van der Waals surface area contributed by atoms with Crippen molar-refractivity contribution in [2.75, 3.05) is 0 Å². The Hall–Kier alpha value is -2.00. The lowest BCUT2D eigenvalue weighted by atomic mass is 10.2. The molecule has 0 fully saturated rings. The Bertz CT molecular complexity index is 644. The molecule has 0 N–H and O–H groups in total. The van der Waals surface area contributed by atoms with Crippen LogP contribution in [0.5, 0.6) is 0 Å². The zero-order valence-corrected chi connectivity index (χ0v) is 10.3. The maximum atomic E-state index is 12.9. The Labute approximate surface area is 109 Å². The molecule has 0 spiro atoms. The van der Waals surface area contributed by atoms with Crippen molar-refractivity contribution in [3.63, 3.8) is 0 Å². The highest BCUT2D eigenvalue weighted by Crippen LogP contribution is 2.31. The van der Waals surface area contributed by atoms with E-state index in [1.807, 2.05) is 36.5 Å². The van der Waals surface area contributed by atoms with E-state index in [0.29, 0.717) is 0 Å². The molecular formula is C15H10FNS. The largest absolute Gasteiger partial charge is 0.244 e. The summed E-state index contributed by atoms with van der Waals surface area (Å²) < 4.78 is 12.9. The number of nitrogens with zero attached hydrogens (tertiary/aromatic N) is 1. The molecule has 2 aromatic carbocycles. The van der Waals surface area contributed by atoms with Gasteiger partial charge in [0.2, 0.25) is 0 Å². The monoisotopic (exact) mass is 255 g/mol. The molecule has 1 heterocycles. The molecule has 18 heavy (non-hydrogen) atoms. The van der Waals surface area contributed by atoms with Gasteiger partial charge in [0.1, 0.15) is 10.8 Å². The van der Waals surface area contributed by atoms with Gasteiger partial charge in [-0.3, -0.25) is 0 Å². The summed E-state index contributed by atoms with van der Waals surface area (Å²) in [6.45, 7) is 0. The molecule has 3 aromatic rings. The highest BCUT2D eigenvalue weighted by atomic mass is 32.1. The van der Waals surface area contributed by atoms with Crippen LogP contribution in [0.2, 0.25) is 0 Å². The summed E-state index contributed by atoms with van der Waals surface area (Å²) in [6.07, 6.45) is 1.83. The van der Waals surface area contributed by atoms with Crippen LogP contribution < -0.4 is 0 Å². The van der Waals surface area contributed by atoms with Gasteiger partial charge in [0, 0.05) is 11.8 Å². The highest BCUT2D eigenvalue weighted by molar-refractivity contribution is 7.18. The highest BCUT2D eigenvalue weighted by Gasteiger charge is 2.06.